The van der Waals surface area contributed by atoms with Crippen molar-refractivity contribution in [3.63, 3.8) is 0 Å². The molecule has 0 aliphatic heterocycles. The van der Waals surface area contributed by atoms with Crippen LogP contribution >= 0.6 is 0 Å². The molecule has 1 N–H and O–H groups in total. The first kappa shape index (κ1) is 11.4. The lowest BCUT2D eigenvalue weighted by Crippen LogP contribution is -1.97. The molecule has 2 heterocycles. The van der Waals surface area contributed by atoms with Crippen molar-refractivity contribution in [1.82, 2.24) is 14.6 Å². The fourth-order valence-electron chi connectivity index (χ4n) is 1.98. The average molecular weight is 253 g/mol. The second kappa shape index (κ2) is 4.20. The van der Waals surface area contributed by atoms with Crippen LogP contribution in [-0.4, -0.2) is 25.7 Å². The number of benzene rings is 1. The Balaban J connectivity index is 2.19. The number of aryl methyl sites for hydroxylation is 1. The first-order valence-corrected chi connectivity index (χ1v) is 5.80. The highest BCUT2D eigenvalue weighted by atomic mass is 16.4. The third-order valence-electron chi connectivity index (χ3n) is 2.93. The van der Waals surface area contributed by atoms with Gasteiger partial charge in [0.05, 0.1) is 5.56 Å². The SMILES string of the molecule is Cc1ccn2c(-c3cccc(C(=O)O)c3)nnc2c1. The number of aromatic carboxylic acids is 1. The van der Waals surface area contributed by atoms with E-state index in [1.165, 1.54) is 0 Å². The Morgan fingerprint density at radius 3 is 2.84 bits per heavy atom. The molecular formula is C14H11N3O2. The minimum atomic E-state index is -0.952. The summed E-state index contributed by atoms with van der Waals surface area (Å²) in [6.45, 7) is 1.99. The van der Waals surface area contributed by atoms with E-state index >= 15 is 0 Å². The zero-order valence-corrected chi connectivity index (χ0v) is 10.2. The van der Waals surface area contributed by atoms with Crippen LogP contribution in [0.3, 0.4) is 0 Å². The zero-order chi connectivity index (χ0) is 13.4. The first-order valence-electron chi connectivity index (χ1n) is 5.80. The molecule has 0 saturated heterocycles. The second-order valence-electron chi connectivity index (χ2n) is 4.34. The minimum Gasteiger partial charge on any atom is -0.478 e. The van der Waals surface area contributed by atoms with Crippen LogP contribution < -0.4 is 0 Å². The first-order chi connectivity index (χ1) is 9.15. The van der Waals surface area contributed by atoms with Crippen molar-refractivity contribution in [2.45, 2.75) is 6.92 Å². The number of hydrogen-bond acceptors (Lipinski definition) is 3. The summed E-state index contributed by atoms with van der Waals surface area (Å²) in [6.07, 6.45) is 1.88. The van der Waals surface area contributed by atoms with Gasteiger partial charge in [-0.05, 0) is 36.8 Å². The number of pyridine rings is 1. The van der Waals surface area contributed by atoms with Gasteiger partial charge in [0.25, 0.3) is 0 Å². The largest absolute Gasteiger partial charge is 0.478 e. The monoisotopic (exact) mass is 253 g/mol. The average Bonchev–Trinajstić information content (AvgIpc) is 2.81. The van der Waals surface area contributed by atoms with Crippen LogP contribution in [0.15, 0.2) is 42.6 Å². The molecule has 0 saturated carbocycles. The molecule has 5 heteroatoms. The summed E-state index contributed by atoms with van der Waals surface area (Å²) in [4.78, 5) is 11.0. The fraction of sp³-hybridized carbons (Fsp3) is 0.0714. The summed E-state index contributed by atoms with van der Waals surface area (Å²) in [5, 5.41) is 17.2. The minimum absolute atomic E-state index is 0.237. The molecule has 0 bridgehead atoms. The Kier molecular flexibility index (Phi) is 2.52. The molecule has 19 heavy (non-hydrogen) atoms. The van der Waals surface area contributed by atoms with Crippen molar-refractivity contribution in [3.05, 3.63) is 53.7 Å². The van der Waals surface area contributed by atoms with E-state index in [4.69, 9.17) is 5.11 Å². The standard InChI is InChI=1S/C14H11N3O2/c1-9-5-6-17-12(7-9)15-16-13(17)10-3-2-4-11(8-10)14(18)19/h2-8H,1H3,(H,18,19). The molecule has 0 fully saturated rings. The van der Waals surface area contributed by atoms with Gasteiger partial charge in [0, 0.05) is 11.8 Å². The molecule has 0 amide bonds. The van der Waals surface area contributed by atoms with Crippen LogP contribution in [0.5, 0.6) is 0 Å². The number of carboxylic acids is 1. The zero-order valence-electron chi connectivity index (χ0n) is 10.2. The highest BCUT2D eigenvalue weighted by Crippen LogP contribution is 2.20. The molecule has 0 unspecified atom stereocenters. The van der Waals surface area contributed by atoms with Crippen LogP contribution in [0.1, 0.15) is 15.9 Å². The van der Waals surface area contributed by atoms with E-state index in [2.05, 4.69) is 10.2 Å². The van der Waals surface area contributed by atoms with E-state index in [0.717, 1.165) is 16.8 Å². The summed E-state index contributed by atoms with van der Waals surface area (Å²) in [6, 6.07) is 10.6. The maximum atomic E-state index is 11.0. The van der Waals surface area contributed by atoms with E-state index in [0.29, 0.717) is 5.82 Å². The summed E-state index contributed by atoms with van der Waals surface area (Å²) < 4.78 is 1.84. The highest BCUT2D eigenvalue weighted by Gasteiger charge is 2.10. The Hall–Kier alpha value is -2.69. The van der Waals surface area contributed by atoms with Gasteiger partial charge in [0.2, 0.25) is 0 Å². The van der Waals surface area contributed by atoms with Crippen molar-refractivity contribution < 1.29 is 9.90 Å². The summed E-state index contributed by atoms with van der Waals surface area (Å²) in [5.41, 5.74) is 2.82. The normalized spacial score (nSPS) is 10.8. The predicted octanol–water partition coefficient (Wildman–Crippen LogP) is 2.40. The molecule has 3 aromatic rings. The van der Waals surface area contributed by atoms with Crippen molar-refractivity contribution >= 4 is 11.6 Å². The second-order valence-corrected chi connectivity index (χ2v) is 4.34. The van der Waals surface area contributed by atoms with Gasteiger partial charge in [0.1, 0.15) is 0 Å². The molecule has 0 aliphatic rings. The lowest BCUT2D eigenvalue weighted by atomic mass is 10.1. The van der Waals surface area contributed by atoms with Crippen LogP contribution in [0.2, 0.25) is 0 Å². The summed E-state index contributed by atoms with van der Waals surface area (Å²) in [5.74, 6) is -0.315. The Labute approximate surface area is 109 Å². The van der Waals surface area contributed by atoms with Gasteiger partial charge >= 0.3 is 5.97 Å². The number of nitrogens with zero attached hydrogens (tertiary/aromatic N) is 3. The lowest BCUT2D eigenvalue weighted by molar-refractivity contribution is 0.0697. The van der Waals surface area contributed by atoms with Crippen LogP contribution in [0, 0.1) is 6.92 Å². The van der Waals surface area contributed by atoms with E-state index in [9.17, 15) is 4.79 Å². The molecule has 5 nitrogen and oxygen atoms in total. The van der Waals surface area contributed by atoms with Gasteiger partial charge in [-0.1, -0.05) is 12.1 Å². The molecule has 0 atom stereocenters. The van der Waals surface area contributed by atoms with Crippen LogP contribution in [0.4, 0.5) is 0 Å². The maximum absolute atomic E-state index is 11.0. The van der Waals surface area contributed by atoms with E-state index < -0.39 is 5.97 Å². The van der Waals surface area contributed by atoms with Crippen LogP contribution in [0.25, 0.3) is 17.0 Å². The van der Waals surface area contributed by atoms with Crippen molar-refractivity contribution in [2.75, 3.05) is 0 Å². The number of hydrogen-bond donors (Lipinski definition) is 1. The molecule has 0 radical (unpaired) electrons. The lowest BCUT2D eigenvalue weighted by Gasteiger charge is -2.02. The Morgan fingerprint density at radius 2 is 2.05 bits per heavy atom. The fourth-order valence-corrected chi connectivity index (χ4v) is 1.98. The Morgan fingerprint density at radius 1 is 1.21 bits per heavy atom. The predicted molar refractivity (Wildman–Crippen MR) is 70.1 cm³/mol. The van der Waals surface area contributed by atoms with Gasteiger partial charge in [-0.15, -0.1) is 10.2 Å². The summed E-state index contributed by atoms with van der Waals surface area (Å²) in [7, 11) is 0. The smallest absolute Gasteiger partial charge is 0.335 e. The summed E-state index contributed by atoms with van der Waals surface area (Å²) >= 11 is 0. The van der Waals surface area contributed by atoms with Gasteiger partial charge in [-0.2, -0.15) is 0 Å². The number of rotatable bonds is 2. The highest BCUT2D eigenvalue weighted by molar-refractivity contribution is 5.89. The van der Waals surface area contributed by atoms with Crippen molar-refractivity contribution in [3.8, 4) is 11.4 Å². The van der Waals surface area contributed by atoms with Gasteiger partial charge < -0.3 is 5.11 Å². The van der Waals surface area contributed by atoms with Gasteiger partial charge in [-0.25, -0.2) is 4.79 Å². The topological polar surface area (TPSA) is 67.5 Å². The van der Waals surface area contributed by atoms with E-state index in [1.54, 1.807) is 18.2 Å². The molecule has 3 rings (SSSR count). The molecular weight excluding hydrogens is 242 g/mol. The number of carboxylic acid groups (broad SMARTS) is 1. The molecule has 1 aromatic carbocycles. The number of aromatic nitrogens is 3. The maximum Gasteiger partial charge on any atom is 0.335 e. The third-order valence-corrected chi connectivity index (χ3v) is 2.93. The van der Waals surface area contributed by atoms with Crippen molar-refractivity contribution in [1.29, 1.82) is 0 Å². The molecule has 94 valence electrons. The molecule has 0 aliphatic carbocycles. The molecule has 2 aromatic heterocycles. The van der Waals surface area contributed by atoms with Crippen molar-refractivity contribution in [2.24, 2.45) is 0 Å². The van der Waals surface area contributed by atoms with E-state index in [-0.39, 0.29) is 5.56 Å². The quantitative estimate of drug-likeness (QED) is 0.761. The Bertz CT molecular complexity index is 777. The van der Waals surface area contributed by atoms with E-state index in [1.807, 2.05) is 35.7 Å². The van der Waals surface area contributed by atoms with Gasteiger partial charge in [-0.3, -0.25) is 4.40 Å². The third kappa shape index (κ3) is 1.95. The van der Waals surface area contributed by atoms with Crippen LogP contribution in [-0.2, 0) is 0 Å². The number of carbonyl (C=O) groups is 1. The van der Waals surface area contributed by atoms with Gasteiger partial charge in [0.15, 0.2) is 11.5 Å². The molecule has 0 spiro atoms. The number of fused-ring (bicyclic) bond motifs is 1.